The highest BCUT2D eigenvalue weighted by Gasteiger charge is 2.00. The van der Waals surface area contributed by atoms with Crippen LogP contribution >= 0.6 is 22.9 Å². The van der Waals surface area contributed by atoms with E-state index >= 15 is 0 Å². The SMILES string of the molecule is OCCn1cc(CNCCc2ccc(Cl)s2)cn1. The van der Waals surface area contributed by atoms with Crippen LogP contribution in [0.2, 0.25) is 4.34 Å². The number of thiophene rings is 1. The van der Waals surface area contributed by atoms with Crippen LogP contribution < -0.4 is 5.32 Å². The zero-order valence-electron chi connectivity index (χ0n) is 9.97. The van der Waals surface area contributed by atoms with Crippen LogP contribution in [0.1, 0.15) is 10.4 Å². The number of aromatic nitrogens is 2. The summed E-state index contributed by atoms with van der Waals surface area (Å²) in [5, 5.41) is 16.3. The number of nitrogens with one attached hydrogen (secondary N) is 1. The van der Waals surface area contributed by atoms with E-state index in [2.05, 4.69) is 16.5 Å². The van der Waals surface area contributed by atoms with Gasteiger partial charge < -0.3 is 10.4 Å². The maximum atomic E-state index is 8.79. The van der Waals surface area contributed by atoms with Gasteiger partial charge in [0, 0.05) is 29.7 Å². The van der Waals surface area contributed by atoms with Gasteiger partial charge in [-0.1, -0.05) is 11.6 Å². The molecule has 0 aromatic carbocycles. The van der Waals surface area contributed by atoms with Gasteiger partial charge in [0.1, 0.15) is 0 Å². The van der Waals surface area contributed by atoms with Gasteiger partial charge in [-0.3, -0.25) is 4.68 Å². The van der Waals surface area contributed by atoms with Crippen molar-refractivity contribution >= 4 is 22.9 Å². The first-order valence-corrected chi connectivity index (χ1v) is 7.04. The highest BCUT2D eigenvalue weighted by atomic mass is 35.5. The molecule has 0 radical (unpaired) electrons. The quantitative estimate of drug-likeness (QED) is 0.764. The Balaban J connectivity index is 1.68. The largest absolute Gasteiger partial charge is 0.394 e. The van der Waals surface area contributed by atoms with Crippen LogP contribution in [0.15, 0.2) is 24.5 Å². The van der Waals surface area contributed by atoms with E-state index in [1.54, 1.807) is 16.0 Å². The van der Waals surface area contributed by atoms with Gasteiger partial charge in [-0.2, -0.15) is 5.10 Å². The van der Waals surface area contributed by atoms with Gasteiger partial charge in [-0.25, -0.2) is 0 Å². The van der Waals surface area contributed by atoms with Gasteiger partial charge in [0.2, 0.25) is 0 Å². The second-order valence-electron chi connectivity index (χ2n) is 3.97. The molecule has 18 heavy (non-hydrogen) atoms. The van der Waals surface area contributed by atoms with Gasteiger partial charge in [0.25, 0.3) is 0 Å². The third-order valence-corrected chi connectivity index (χ3v) is 3.81. The fourth-order valence-corrected chi connectivity index (χ4v) is 2.74. The lowest BCUT2D eigenvalue weighted by Crippen LogP contribution is -2.15. The molecule has 0 saturated heterocycles. The molecular weight excluding hydrogens is 270 g/mol. The minimum atomic E-state index is 0.119. The number of hydrogen-bond acceptors (Lipinski definition) is 4. The Morgan fingerprint density at radius 3 is 3.06 bits per heavy atom. The molecule has 0 aliphatic carbocycles. The summed E-state index contributed by atoms with van der Waals surface area (Å²) in [6, 6.07) is 3.99. The summed E-state index contributed by atoms with van der Waals surface area (Å²) in [5.41, 5.74) is 1.13. The van der Waals surface area contributed by atoms with E-state index in [1.165, 1.54) is 4.88 Å². The summed E-state index contributed by atoms with van der Waals surface area (Å²) in [5.74, 6) is 0. The van der Waals surface area contributed by atoms with E-state index in [1.807, 2.05) is 18.5 Å². The first-order valence-electron chi connectivity index (χ1n) is 5.85. The Kier molecular flexibility index (Phi) is 5.19. The third-order valence-electron chi connectivity index (χ3n) is 2.52. The molecule has 0 spiro atoms. The van der Waals surface area contributed by atoms with Gasteiger partial charge >= 0.3 is 0 Å². The van der Waals surface area contributed by atoms with Crippen LogP contribution in [0.5, 0.6) is 0 Å². The number of halogens is 1. The van der Waals surface area contributed by atoms with Crippen LogP contribution in [0, 0.1) is 0 Å². The predicted molar refractivity (Wildman–Crippen MR) is 74.1 cm³/mol. The van der Waals surface area contributed by atoms with Gasteiger partial charge in [0.05, 0.1) is 23.7 Å². The van der Waals surface area contributed by atoms with Crippen molar-refractivity contribution in [3.8, 4) is 0 Å². The van der Waals surface area contributed by atoms with Crippen molar-refractivity contribution in [2.75, 3.05) is 13.2 Å². The number of aliphatic hydroxyl groups is 1. The average Bonchev–Trinajstić information content (AvgIpc) is 2.95. The van der Waals surface area contributed by atoms with E-state index < -0.39 is 0 Å². The van der Waals surface area contributed by atoms with Crippen LogP contribution in [-0.2, 0) is 19.5 Å². The number of aliphatic hydroxyl groups excluding tert-OH is 1. The molecule has 0 bridgehead atoms. The van der Waals surface area contributed by atoms with Crippen LogP contribution in [-0.4, -0.2) is 28.0 Å². The van der Waals surface area contributed by atoms with E-state index in [4.69, 9.17) is 16.7 Å². The van der Waals surface area contributed by atoms with Gasteiger partial charge in [-0.05, 0) is 18.6 Å². The third kappa shape index (κ3) is 4.10. The fraction of sp³-hybridized carbons (Fsp3) is 0.417. The first kappa shape index (κ1) is 13.5. The van der Waals surface area contributed by atoms with Crippen molar-refractivity contribution in [1.29, 1.82) is 0 Å². The summed E-state index contributed by atoms with van der Waals surface area (Å²) in [4.78, 5) is 1.29. The number of nitrogens with zero attached hydrogens (tertiary/aromatic N) is 2. The summed E-state index contributed by atoms with van der Waals surface area (Å²) in [7, 11) is 0. The lowest BCUT2D eigenvalue weighted by molar-refractivity contribution is 0.269. The Labute approximate surface area is 115 Å². The van der Waals surface area contributed by atoms with Crippen molar-refractivity contribution in [3.05, 3.63) is 39.3 Å². The summed E-state index contributed by atoms with van der Waals surface area (Å²) >= 11 is 7.49. The topological polar surface area (TPSA) is 50.1 Å². The lowest BCUT2D eigenvalue weighted by atomic mass is 10.3. The van der Waals surface area contributed by atoms with E-state index in [-0.39, 0.29) is 6.61 Å². The zero-order chi connectivity index (χ0) is 12.8. The van der Waals surface area contributed by atoms with E-state index in [0.717, 1.165) is 29.4 Å². The van der Waals surface area contributed by atoms with E-state index in [9.17, 15) is 0 Å². The molecule has 2 heterocycles. The standard InChI is InChI=1S/C12H16ClN3OS/c13-12-2-1-11(18-12)3-4-14-7-10-8-15-16(9-10)5-6-17/h1-2,8-9,14,17H,3-7H2. The molecule has 2 aromatic heterocycles. The molecule has 2 N–H and O–H groups in total. The number of rotatable bonds is 7. The maximum absolute atomic E-state index is 8.79. The average molecular weight is 286 g/mol. The molecule has 0 fully saturated rings. The Bertz CT molecular complexity index is 483. The monoisotopic (exact) mass is 285 g/mol. The molecule has 6 heteroatoms. The lowest BCUT2D eigenvalue weighted by Gasteiger charge is -2.01. The highest BCUT2D eigenvalue weighted by Crippen LogP contribution is 2.21. The second-order valence-corrected chi connectivity index (χ2v) is 5.77. The smallest absolute Gasteiger partial charge is 0.0931 e. The maximum Gasteiger partial charge on any atom is 0.0931 e. The zero-order valence-corrected chi connectivity index (χ0v) is 11.5. The van der Waals surface area contributed by atoms with Crippen LogP contribution in [0.3, 0.4) is 0 Å². The fourth-order valence-electron chi connectivity index (χ4n) is 1.65. The van der Waals surface area contributed by atoms with Gasteiger partial charge in [0.15, 0.2) is 0 Å². The molecule has 0 unspecified atom stereocenters. The normalized spacial score (nSPS) is 11.0. The molecule has 0 atom stereocenters. The van der Waals surface area contributed by atoms with E-state index in [0.29, 0.717) is 6.54 Å². The van der Waals surface area contributed by atoms with Crippen molar-refractivity contribution < 1.29 is 5.11 Å². The summed E-state index contributed by atoms with van der Waals surface area (Å²) < 4.78 is 2.59. The van der Waals surface area contributed by atoms with Crippen LogP contribution in [0.4, 0.5) is 0 Å². The Morgan fingerprint density at radius 1 is 1.44 bits per heavy atom. The minimum absolute atomic E-state index is 0.119. The molecule has 2 aromatic rings. The highest BCUT2D eigenvalue weighted by molar-refractivity contribution is 7.16. The molecule has 0 aliphatic rings. The summed E-state index contributed by atoms with van der Waals surface area (Å²) in [6.07, 6.45) is 4.76. The van der Waals surface area contributed by atoms with Gasteiger partial charge in [-0.15, -0.1) is 11.3 Å². The Morgan fingerprint density at radius 2 is 2.33 bits per heavy atom. The van der Waals surface area contributed by atoms with Crippen LogP contribution in [0.25, 0.3) is 0 Å². The minimum Gasteiger partial charge on any atom is -0.394 e. The first-order chi connectivity index (χ1) is 8.78. The molecule has 0 amide bonds. The second kappa shape index (κ2) is 6.89. The number of hydrogen-bond donors (Lipinski definition) is 2. The van der Waals surface area contributed by atoms with Crippen molar-refractivity contribution in [1.82, 2.24) is 15.1 Å². The molecular formula is C12H16ClN3OS. The molecule has 4 nitrogen and oxygen atoms in total. The van der Waals surface area contributed by atoms with Crippen molar-refractivity contribution in [2.45, 2.75) is 19.5 Å². The molecule has 98 valence electrons. The molecule has 0 aliphatic heterocycles. The predicted octanol–water partition coefficient (Wildman–Crippen LogP) is 1.92. The Hall–Kier alpha value is -0.880. The molecule has 0 saturated carbocycles. The van der Waals surface area contributed by atoms with Crippen molar-refractivity contribution in [3.63, 3.8) is 0 Å². The van der Waals surface area contributed by atoms with Crippen molar-refractivity contribution in [2.24, 2.45) is 0 Å². The summed E-state index contributed by atoms with van der Waals surface area (Å²) in [6.45, 7) is 2.38. The molecule has 2 rings (SSSR count).